The third kappa shape index (κ3) is 3.85. The lowest BCUT2D eigenvalue weighted by Gasteiger charge is -2.34. The normalized spacial score (nSPS) is 29.7. The Hall–Kier alpha value is -1.26. The van der Waals surface area contributed by atoms with E-state index < -0.39 is 5.97 Å². The van der Waals surface area contributed by atoms with Crippen molar-refractivity contribution in [3.63, 3.8) is 0 Å². The molecule has 0 aromatic heterocycles. The molecular formula is C14H24N2O3. The van der Waals surface area contributed by atoms with Gasteiger partial charge in [0.15, 0.2) is 0 Å². The molecule has 108 valence electrons. The molecule has 0 aromatic carbocycles. The van der Waals surface area contributed by atoms with Crippen LogP contribution in [0.15, 0.2) is 0 Å². The first kappa shape index (κ1) is 14.2. The summed E-state index contributed by atoms with van der Waals surface area (Å²) >= 11 is 0. The summed E-state index contributed by atoms with van der Waals surface area (Å²) in [7, 11) is 0. The van der Waals surface area contributed by atoms with Crippen molar-refractivity contribution < 1.29 is 14.7 Å². The summed E-state index contributed by atoms with van der Waals surface area (Å²) in [6, 6.07) is -0.131. The van der Waals surface area contributed by atoms with Gasteiger partial charge in [0, 0.05) is 11.6 Å². The molecule has 0 heterocycles. The number of amides is 2. The molecule has 19 heavy (non-hydrogen) atoms. The fourth-order valence-electron chi connectivity index (χ4n) is 3.29. The molecule has 0 bridgehead atoms. The molecule has 2 saturated carbocycles. The predicted octanol–water partition coefficient (Wildman–Crippen LogP) is 2.26. The third-order valence-corrected chi connectivity index (χ3v) is 4.49. The van der Waals surface area contributed by atoms with Crippen molar-refractivity contribution in [2.75, 3.05) is 0 Å². The fraction of sp³-hybridized carbons (Fsp3) is 0.857. The average molecular weight is 268 g/mol. The summed E-state index contributed by atoms with van der Waals surface area (Å²) < 4.78 is 0. The highest BCUT2D eigenvalue weighted by atomic mass is 16.4. The lowest BCUT2D eigenvalue weighted by atomic mass is 9.83. The number of rotatable bonds is 3. The number of carboxylic acid groups (broad SMARTS) is 1. The maximum atomic E-state index is 12.0. The first-order valence-corrected chi connectivity index (χ1v) is 7.30. The lowest BCUT2D eigenvalue weighted by Crippen LogP contribution is -2.52. The minimum atomic E-state index is -0.746. The quantitative estimate of drug-likeness (QED) is 0.734. The fourth-order valence-corrected chi connectivity index (χ4v) is 3.29. The summed E-state index contributed by atoms with van der Waals surface area (Å²) in [5.74, 6) is -1.04. The number of carboxylic acids is 1. The summed E-state index contributed by atoms with van der Waals surface area (Å²) in [6.07, 6.45) is 7.63. The Morgan fingerprint density at radius 1 is 1.16 bits per heavy atom. The van der Waals surface area contributed by atoms with E-state index in [-0.39, 0.29) is 23.5 Å². The van der Waals surface area contributed by atoms with Gasteiger partial charge in [-0.25, -0.2) is 4.79 Å². The molecule has 0 radical (unpaired) electrons. The van der Waals surface area contributed by atoms with Gasteiger partial charge in [-0.15, -0.1) is 0 Å². The average Bonchev–Trinajstić information content (AvgIpc) is 2.77. The molecule has 2 aliphatic rings. The smallest absolute Gasteiger partial charge is 0.315 e. The van der Waals surface area contributed by atoms with Gasteiger partial charge in [-0.2, -0.15) is 0 Å². The van der Waals surface area contributed by atoms with Crippen molar-refractivity contribution in [1.29, 1.82) is 0 Å². The van der Waals surface area contributed by atoms with E-state index in [1.807, 2.05) is 0 Å². The number of nitrogens with one attached hydrogen (secondary N) is 2. The zero-order chi connectivity index (χ0) is 13.9. The molecule has 2 fully saturated rings. The van der Waals surface area contributed by atoms with Crippen LogP contribution in [-0.4, -0.2) is 28.7 Å². The highest BCUT2D eigenvalue weighted by Crippen LogP contribution is 2.28. The molecular weight excluding hydrogens is 244 g/mol. The molecule has 2 atom stereocenters. The highest BCUT2D eigenvalue weighted by molar-refractivity contribution is 5.75. The van der Waals surface area contributed by atoms with Crippen LogP contribution >= 0.6 is 0 Å². The number of hydrogen-bond donors (Lipinski definition) is 3. The van der Waals surface area contributed by atoms with Crippen LogP contribution in [0.2, 0.25) is 0 Å². The molecule has 0 aromatic rings. The first-order chi connectivity index (χ1) is 8.98. The molecule has 3 N–H and O–H groups in total. The van der Waals surface area contributed by atoms with Gasteiger partial charge in [-0.3, -0.25) is 4.79 Å². The minimum absolute atomic E-state index is 0.00768. The van der Waals surface area contributed by atoms with Crippen molar-refractivity contribution in [2.45, 2.75) is 69.9 Å². The van der Waals surface area contributed by atoms with Crippen LogP contribution in [0.4, 0.5) is 4.79 Å². The van der Waals surface area contributed by atoms with E-state index in [1.165, 1.54) is 19.3 Å². The van der Waals surface area contributed by atoms with Crippen LogP contribution in [-0.2, 0) is 4.79 Å². The van der Waals surface area contributed by atoms with Gasteiger partial charge in [-0.1, -0.05) is 19.3 Å². The summed E-state index contributed by atoms with van der Waals surface area (Å²) in [4.78, 5) is 22.9. The van der Waals surface area contributed by atoms with E-state index in [0.29, 0.717) is 12.8 Å². The monoisotopic (exact) mass is 268 g/mol. The van der Waals surface area contributed by atoms with Gasteiger partial charge in [0.1, 0.15) is 0 Å². The molecule has 0 spiro atoms. The zero-order valence-corrected chi connectivity index (χ0v) is 11.6. The van der Waals surface area contributed by atoms with Gasteiger partial charge in [-0.05, 0) is 39.0 Å². The van der Waals surface area contributed by atoms with Crippen LogP contribution in [0.3, 0.4) is 0 Å². The van der Waals surface area contributed by atoms with Crippen molar-refractivity contribution in [1.82, 2.24) is 10.6 Å². The largest absolute Gasteiger partial charge is 0.481 e. The Bertz CT molecular complexity index is 351. The number of urea groups is 1. The van der Waals surface area contributed by atoms with Gasteiger partial charge in [0.25, 0.3) is 0 Å². The Morgan fingerprint density at radius 3 is 2.42 bits per heavy atom. The highest BCUT2D eigenvalue weighted by Gasteiger charge is 2.32. The number of carbonyl (C=O) groups excluding carboxylic acids is 1. The van der Waals surface area contributed by atoms with Crippen LogP contribution in [0.1, 0.15) is 58.3 Å². The van der Waals surface area contributed by atoms with Crippen molar-refractivity contribution in [3.8, 4) is 0 Å². The topological polar surface area (TPSA) is 78.4 Å². The molecule has 0 aliphatic heterocycles. The minimum Gasteiger partial charge on any atom is -0.481 e. The van der Waals surface area contributed by atoms with Crippen molar-refractivity contribution in [2.24, 2.45) is 5.92 Å². The Morgan fingerprint density at radius 2 is 1.84 bits per heavy atom. The maximum Gasteiger partial charge on any atom is 0.315 e. The molecule has 5 nitrogen and oxygen atoms in total. The Labute approximate surface area is 114 Å². The number of hydrogen-bond acceptors (Lipinski definition) is 2. The first-order valence-electron chi connectivity index (χ1n) is 7.30. The maximum absolute atomic E-state index is 12.0. The van der Waals surface area contributed by atoms with Crippen LogP contribution in [0, 0.1) is 5.92 Å². The van der Waals surface area contributed by atoms with Crippen LogP contribution in [0.5, 0.6) is 0 Å². The van der Waals surface area contributed by atoms with E-state index in [0.717, 1.165) is 19.3 Å². The predicted molar refractivity (Wildman–Crippen MR) is 71.9 cm³/mol. The number of aliphatic carboxylic acids is 1. The van der Waals surface area contributed by atoms with Gasteiger partial charge >= 0.3 is 12.0 Å². The van der Waals surface area contributed by atoms with E-state index in [2.05, 4.69) is 17.6 Å². The molecule has 2 rings (SSSR count). The van der Waals surface area contributed by atoms with Gasteiger partial charge < -0.3 is 15.7 Å². The molecule has 2 unspecified atom stereocenters. The second-order valence-electron chi connectivity index (χ2n) is 6.26. The standard InChI is InChI=1S/C14H24N2O3/c1-14(7-3-2-4-8-14)16-13(19)15-11-6-5-10(9-11)12(17)18/h10-11H,2-9H2,1H3,(H,17,18)(H2,15,16,19). The van der Waals surface area contributed by atoms with Gasteiger partial charge in [0.05, 0.1) is 5.92 Å². The van der Waals surface area contributed by atoms with Crippen molar-refractivity contribution >= 4 is 12.0 Å². The van der Waals surface area contributed by atoms with E-state index in [1.54, 1.807) is 0 Å². The lowest BCUT2D eigenvalue weighted by molar-refractivity contribution is -0.141. The molecule has 5 heteroatoms. The van der Waals surface area contributed by atoms with E-state index in [9.17, 15) is 9.59 Å². The zero-order valence-electron chi connectivity index (χ0n) is 11.6. The summed E-state index contributed by atoms with van der Waals surface area (Å²) in [5, 5.41) is 14.9. The summed E-state index contributed by atoms with van der Waals surface area (Å²) in [5.41, 5.74) is -0.0901. The number of carbonyl (C=O) groups is 2. The van der Waals surface area contributed by atoms with E-state index in [4.69, 9.17) is 5.11 Å². The second kappa shape index (κ2) is 5.80. The summed E-state index contributed by atoms with van der Waals surface area (Å²) in [6.45, 7) is 2.10. The third-order valence-electron chi connectivity index (χ3n) is 4.49. The SMILES string of the molecule is CC1(NC(=O)NC2CCC(C(=O)O)C2)CCCCC1. The van der Waals surface area contributed by atoms with Crippen molar-refractivity contribution in [3.05, 3.63) is 0 Å². The van der Waals surface area contributed by atoms with E-state index >= 15 is 0 Å². The van der Waals surface area contributed by atoms with Gasteiger partial charge in [0.2, 0.25) is 0 Å². The second-order valence-corrected chi connectivity index (χ2v) is 6.26. The molecule has 2 amide bonds. The Balaban J connectivity index is 1.77. The molecule has 2 aliphatic carbocycles. The Kier molecular flexibility index (Phi) is 4.32. The molecule has 0 saturated heterocycles. The van der Waals surface area contributed by atoms with Crippen LogP contribution in [0.25, 0.3) is 0 Å². The van der Waals surface area contributed by atoms with Crippen LogP contribution < -0.4 is 10.6 Å².